The molecule has 1 atom stereocenters. The van der Waals surface area contributed by atoms with Crippen LogP contribution in [-0.4, -0.2) is 39.6 Å². The van der Waals surface area contributed by atoms with E-state index in [0.29, 0.717) is 11.3 Å². The predicted molar refractivity (Wildman–Crippen MR) is 139 cm³/mol. The number of amides is 2. The lowest BCUT2D eigenvalue weighted by molar-refractivity contribution is -0.192. The lowest BCUT2D eigenvalue weighted by Gasteiger charge is -2.33. The molecule has 0 saturated heterocycles. The monoisotopic (exact) mass is 547 g/mol. The molecule has 2 amide bonds. The SMILES string of the molecule is CC(C)(C)NC(=O)C(c1cccnc1)N(C(=O)c1ccco1)c1ccc(C(C)(C)C)cc1.O=C(O)C(F)(F)F. The lowest BCUT2D eigenvalue weighted by atomic mass is 9.87. The first-order valence-corrected chi connectivity index (χ1v) is 11.9. The number of rotatable bonds is 5. The van der Waals surface area contributed by atoms with Gasteiger partial charge in [-0.15, -0.1) is 0 Å². The molecule has 2 aromatic heterocycles. The van der Waals surface area contributed by atoms with Crippen molar-refractivity contribution in [3.8, 4) is 0 Å². The third-order valence-electron chi connectivity index (χ3n) is 5.21. The Morgan fingerprint density at radius 3 is 1.95 bits per heavy atom. The second-order valence-corrected chi connectivity index (χ2v) is 10.7. The standard InChI is InChI=1S/C26H31N3O3.C2HF3O2/c1-25(2,3)19-11-13-20(14-12-19)29(24(31)21-10-8-16-32-21)22(18-9-7-15-27-17-18)23(30)28-26(4,5)6;3-2(4,5)1(6)7/h7-17,22H,1-6H3,(H,28,30);(H,6,7). The molecule has 1 unspecified atom stereocenters. The fourth-order valence-corrected chi connectivity index (χ4v) is 3.42. The topological polar surface area (TPSA) is 113 Å². The van der Waals surface area contributed by atoms with Crippen LogP contribution in [0.1, 0.15) is 69.3 Å². The van der Waals surface area contributed by atoms with E-state index in [4.69, 9.17) is 14.3 Å². The van der Waals surface area contributed by atoms with E-state index in [1.165, 1.54) is 11.2 Å². The molecule has 0 aliphatic carbocycles. The number of carboxylic acid groups (broad SMARTS) is 1. The van der Waals surface area contributed by atoms with Gasteiger partial charge in [-0.1, -0.05) is 39.0 Å². The van der Waals surface area contributed by atoms with E-state index in [1.807, 2.05) is 45.0 Å². The van der Waals surface area contributed by atoms with Crippen LogP contribution in [0.5, 0.6) is 0 Å². The van der Waals surface area contributed by atoms with Gasteiger partial charge < -0.3 is 14.8 Å². The zero-order valence-corrected chi connectivity index (χ0v) is 22.5. The van der Waals surface area contributed by atoms with Crippen LogP contribution in [0, 0.1) is 0 Å². The summed E-state index contributed by atoms with van der Waals surface area (Å²) in [6.45, 7) is 12.1. The number of carboxylic acids is 1. The molecule has 2 N–H and O–H groups in total. The maximum atomic E-state index is 13.6. The Morgan fingerprint density at radius 2 is 1.54 bits per heavy atom. The van der Waals surface area contributed by atoms with Crippen molar-refractivity contribution in [3.05, 3.63) is 84.1 Å². The van der Waals surface area contributed by atoms with Gasteiger partial charge in [0.05, 0.1) is 6.26 Å². The summed E-state index contributed by atoms with van der Waals surface area (Å²) < 4.78 is 37.1. The molecule has 2 heterocycles. The Bertz CT molecular complexity index is 1240. The van der Waals surface area contributed by atoms with Crippen LogP contribution in [0.15, 0.2) is 71.6 Å². The number of nitrogens with one attached hydrogen (secondary N) is 1. The highest BCUT2D eigenvalue weighted by Gasteiger charge is 2.38. The van der Waals surface area contributed by atoms with Crippen molar-refractivity contribution < 1.29 is 37.1 Å². The third-order valence-corrected chi connectivity index (χ3v) is 5.21. The summed E-state index contributed by atoms with van der Waals surface area (Å²) in [5.41, 5.74) is 1.81. The number of hydrogen-bond acceptors (Lipinski definition) is 5. The largest absolute Gasteiger partial charge is 0.490 e. The van der Waals surface area contributed by atoms with Gasteiger partial charge in [0.25, 0.3) is 5.91 Å². The summed E-state index contributed by atoms with van der Waals surface area (Å²) in [7, 11) is 0. The average Bonchev–Trinajstić information content (AvgIpc) is 3.36. The van der Waals surface area contributed by atoms with Gasteiger partial charge in [-0.25, -0.2) is 4.79 Å². The van der Waals surface area contributed by atoms with Crippen LogP contribution in [0.3, 0.4) is 0 Å². The summed E-state index contributed by atoms with van der Waals surface area (Å²) >= 11 is 0. The molecule has 0 radical (unpaired) electrons. The molecule has 11 heteroatoms. The number of alkyl halides is 3. The zero-order valence-electron chi connectivity index (χ0n) is 22.5. The number of pyridine rings is 1. The molecule has 0 aliphatic heterocycles. The highest BCUT2D eigenvalue weighted by Crippen LogP contribution is 2.32. The number of carbonyl (C=O) groups is 3. The van der Waals surface area contributed by atoms with Gasteiger partial charge in [0.2, 0.25) is 5.91 Å². The van der Waals surface area contributed by atoms with Crippen molar-refractivity contribution >= 4 is 23.5 Å². The van der Waals surface area contributed by atoms with E-state index >= 15 is 0 Å². The summed E-state index contributed by atoms with van der Waals surface area (Å²) in [5.74, 6) is -3.31. The Morgan fingerprint density at radius 1 is 0.949 bits per heavy atom. The van der Waals surface area contributed by atoms with Crippen molar-refractivity contribution in [2.45, 2.75) is 64.7 Å². The first-order valence-electron chi connectivity index (χ1n) is 11.9. The van der Waals surface area contributed by atoms with E-state index in [1.54, 1.807) is 36.7 Å². The Hall–Kier alpha value is -4.15. The first-order chi connectivity index (χ1) is 17.9. The Balaban J connectivity index is 0.000000673. The van der Waals surface area contributed by atoms with E-state index in [-0.39, 0.29) is 17.1 Å². The molecule has 39 heavy (non-hydrogen) atoms. The molecule has 3 rings (SSSR count). The molecular weight excluding hydrogens is 515 g/mol. The zero-order chi connectivity index (χ0) is 29.6. The number of nitrogens with zero attached hydrogens (tertiary/aromatic N) is 2. The minimum Gasteiger partial charge on any atom is -0.475 e. The normalized spacial score (nSPS) is 12.5. The van der Waals surface area contributed by atoms with Crippen LogP contribution < -0.4 is 10.2 Å². The summed E-state index contributed by atoms with van der Waals surface area (Å²) in [4.78, 5) is 41.7. The van der Waals surface area contributed by atoms with Crippen molar-refractivity contribution in [1.29, 1.82) is 0 Å². The van der Waals surface area contributed by atoms with Gasteiger partial charge in [-0.3, -0.25) is 19.5 Å². The quantitative estimate of drug-likeness (QED) is 0.411. The molecule has 210 valence electrons. The number of anilines is 1. The van der Waals surface area contributed by atoms with Gasteiger partial charge in [-0.05, 0) is 62.1 Å². The second kappa shape index (κ2) is 12.1. The van der Waals surface area contributed by atoms with Crippen LogP contribution in [0.25, 0.3) is 0 Å². The molecule has 0 spiro atoms. The predicted octanol–water partition coefficient (Wildman–Crippen LogP) is 5.91. The fraction of sp³-hybridized carbons (Fsp3) is 0.357. The lowest BCUT2D eigenvalue weighted by Crippen LogP contribution is -2.49. The molecule has 0 fully saturated rings. The summed E-state index contributed by atoms with van der Waals surface area (Å²) in [6, 6.07) is 13.6. The van der Waals surface area contributed by atoms with E-state index in [0.717, 1.165) is 5.56 Å². The van der Waals surface area contributed by atoms with Gasteiger partial charge in [0, 0.05) is 29.2 Å². The number of halogens is 3. The number of hydrogen-bond donors (Lipinski definition) is 2. The third kappa shape index (κ3) is 8.98. The van der Waals surface area contributed by atoms with E-state index in [9.17, 15) is 22.8 Å². The number of aliphatic carboxylic acids is 1. The van der Waals surface area contributed by atoms with E-state index < -0.39 is 29.6 Å². The smallest absolute Gasteiger partial charge is 0.475 e. The van der Waals surface area contributed by atoms with Crippen LogP contribution in [-0.2, 0) is 15.0 Å². The number of furan rings is 1. The molecule has 0 saturated carbocycles. The van der Waals surface area contributed by atoms with Crippen molar-refractivity contribution in [1.82, 2.24) is 10.3 Å². The number of benzene rings is 1. The van der Waals surface area contributed by atoms with Gasteiger partial charge in [0.15, 0.2) is 5.76 Å². The van der Waals surface area contributed by atoms with Crippen LogP contribution in [0.2, 0.25) is 0 Å². The maximum Gasteiger partial charge on any atom is 0.490 e. The molecule has 0 bridgehead atoms. The minimum atomic E-state index is -5.08. The highest BCUT2D eigenvalue weighted by molar-refractivity contribution is 6.08. The van der Waals surface area contributed by atoms with Crippen molar-refractivity contribution in [2.24, 2.45) is 0 Å². The summed E-state index contributed by atoms with van der Waals surface area (Å²) in [6.07, 6.45) is -0.389. The van der Waals surface area contributed by atoms with E-state index in [2.05, 4.69) is 31.1 Å². The van der Waals surface area contributed by atoms with Crippen LogP contribution in [0.4, 0.5) is 18.9 Å². The average molecular weight is 548 g/mol. The molecular formula is C28H32F3N3O5. The highest BCUT2D eigenvalue weighted by atomic mass is 19.4. The second-order valence-electron chi connectivity index (χ2n) is 10.7. The fourth-order valence-electron chi connectivity index (χ4n) is 3.42. The number of carbonyl (C=O) groups excluding carboxylic acids is 2. The van der Waals surface area contributed by atoms with Gasteiger partial charge >= 0.3 is 12.1 Å². The molecule has 0 aliphatic rings. The Labute approximate surface area is 224 Å². The van der Waals surface area contributed by atoms with Crippen LogP contribution >= 0.6 is 0 Å². The summed E-state index contributed by atoms with van der Waals surface area (Å²) in [5, 5.41) is 10.1. The molecule has 3 aromatic rings. The number of aromatic nitrogens is 1. The van der Waals surface area contributed by atoms with Crippen molar-refractivity contribution in [3.63, 3.8) is 0 Å². The molecule has 8 nitrogen and oxygen atoms in total. The molecule has 1 aromatic carbocycles. The first kappa shape index (κ1) is 31.1. The van der Waals surface area contributed by atoms with Gasteiger partial charge in [0.1, 0.15) is 6.04 Å². The maximum absolute atomic E-state index is 13.6. The van der Waals surface area contributed by atoms with Crippen molar-refractivity contribution in [2.75, 3.05) is 4.90 Å². The van der Waals surface area contributed by atoms with Gasteiger partial charge in [-0.2, -0.15) is 13.2 Å². The Kier molecular flexibility index (Phi) is 9.67. The minimum absolute atomic E-state index is 0.0409.